The van der Waals surface area contributed by atoms with Crippen LogP contribution in [0.4, 0.5) is 4.39 Å². The summed E-state index contributed by atoms with van der Waals surface area (Å²) >= 11 is 0. The lowest BCUT2D eigenvalue weighted by atomic mass is 9.94. The molecule has 1 fully saturated rings. The van der Waals surface area contributed by atoms with Gasteiger partial charge in [0.15, 0.2) is 5.84 Å². The summed E-state index contributed by atoms with van der Waals surface area (Å²) in [4.78, 5) is 12.4. The van der Waals surface area contributed by atoms with Crippen molar-refractivity contribution in [2.75, 3.05) is 20.1 Å². The number of oxime groups is 1. The third-order valence-corrected chi connectivity index (χ3v) is 6.13. The Balaban J connectivity index is 1.46. The normalized spacial score (nSPS) is 21.1. The van der Waals surface area contributed by atoms with Gasteiger partial charge >= 0.3 is 0 Å². The number of hydrogen-bond donors (Lipinski definition) is 2. The van der Waals surface area contributed by atoms with E-state index in [2.05, 4.69) is 20.4 Å². The molecule has 1 atom stereocenters. The van der Waals surface area contributed by atoms with Gasteiger partial charge in [-0.25, -0.2) is 9.37 Å². The van der Waals surface area contributed by atoms with Crippen LogP contribution < -0.4 is 5.32 Å². The van der Waals surface area contributed by atoms with E-state index in [1.54, 1.807) is 29.1 Å². The van der Waals surface area contributed by atoms with Gasteiger partial charge in [-0.15, -0.1) is 0 Å². The topological polar surface area (TPSA) is 74.9 Å². The average molecular weight is 448 g/mol. The number of aromatic hydroxyl groups is 1. The predicted octanol–water partition coefficient (Wildman–Crippen LogP) is 3.92. The number of phenols is 1. The van der Waals surface area contributed by atoms with Gasteiger partial charge in [0.2, 0.25) is 5.72 Å². The van der Waals surface area contributed by atoms with Crippen LogP contribution in [-0.2, 0) is 10.6 Å². The molecule has 0 aliphatic carbocycles. The molecule has 2 aliphatic heterocycles. The predicted molar refractivity (Wildman–Crippen MR) is 124 cm³/mol. The van der Waals surface area contributed by atoms with E-state index in [9.17, 15) is 9.50 Å². The van der Waals surface area contributed by atoms with E-state index in [1.165, 1.54) is 12.1 Å². The minimum Gasteiger partial charge on any atom is -0.506 e. The molecule has 0 radical (unpaired) electrons. The highest BCUT2D eigenvalue weighted by Crippen LogP contribution is 2.40. The number of likely N-dealkylation sites (N-methyl/N-ethyl adjacent to an activating group) is 1. The summed E-state index contributed by atoms with van der Waals surface area (Å²) in [6.45, 7) is 3.18. The smallest absolute Gasteiger partial charge is 0.249 e. The van der Waals surface area contributed by atoms with E-state index in [1.807, 2.05) is 38.4 Å². The summed E-state index contributed by atoms with van der Waals surface area (Å²) in [7, 11) is 1.86. The van der Waals surface area contributed by atoms with Gasteiger partial charge in [-0.2, -0.15) is 0 Å². The number of rotatable bonds is 5. The highest BCUT2D eigenvalue weighted by molar-refractivity contribution is 6.03. The summed E-state index contributed by atoms with van der Waals surface area (Å²) < 4.78 is 15.4. The minimum atomic E-state index is -0.831. The minimum absolute atomic E-state index is 0.176. The van der Waals surface area contributed by atoms with Crippen molar-refractivity contribution in [2.45, 2.75) is 25.5 Å². The molecule has 2 aromatic carbocycles. The van der Waals surface area contributed by atoms with Crippen molar-refractivity contribution in [1.82, 2.24) is 19.8 Å². The van der Waals surface area contributed by atoms with Gasteiger partial charge in [-0.1, -0.05) is 23.4 Å². The first-order chi connectivity index (χ1) is 16.0. The van der Waals surface area contributed by atoms with Crippen LogP contribution in [0.15, 0.2) is 65.7 Å². The van der Waals surface area contributed by atoms with Crippen LogP contribution in [0, 0.1) is 12.7 Å². The summed E-state index contributed by atoms with van der Waals surface area (Å²) in [6, 6.07) is 12.0. The number of amidine groups is 1. The molecular weight excluding hydrogens is 421 g/mol. The fraction of sp³-hybridized carbons (Fsp3) is 0.280. The Morgan fingerprint density at radius 1 is 1.24 bits per heavy atom. The van der Waals surface area contributed by atoms with E-state index in [-0.39, 0.29) is 11.6 Å². The summed E-state index contributed by atoms with van der Waals surface area (Å²) in [5.41, 5.74) is 3.48. The SMILES string of the molecule is CNC[C@]1(c2ccc(F)cc2)ON=C2/C(=C/c3ccc(-n4cnc(C)c4)c(O)c3)CCCN21. The molecule has 33 heavy (non-hydrogen) atoms. The Bertz CT molecular complexity index is 1230. The molecule has 3 aromatic rings. The number of aromatic nitrogens is 2. The second-order valence-corrected chi connectivity index (χ2v) is 8.42. The van der Waals surface area contributed by atoms with E-state index in [0.717, 1.165) is 47.6 Å². The molecule has 7 nitrogen and oxygen atoms in total. The van der Waals surface area contributed by atoms with Crippen molar-refractivity contribution in [3.05, 3.63) is 83.2 Å². The third kappa shape index (κ3) is 3.76. The van der Waals surface area contributed by atoms with E-state index >= 15 is 0 Å². The quantitative estimate of drug-likeness (QED) is 0.620. The van der Waals surface area contributed by atoms with Crippen LogP contribution in [-0.4, -0.2) is 45.5 Å². The molecule has 3 heterocycles. The number of nitrogens with zero attached hydrogens (tertiary/aromatic N) is 4. The third-order valence-electron chi connectivity index (χ3n) is 6.13. The van der Waals surface area contributed by atoms with Crippen molar-refractivity contribution in [3.63, 3.8) is 0 Å². The monoisotopic (exact) mass is 447 g/mol. The molecule has 1 aromatic heterocycles. The Morgan fingerprint density at radius 3 is 2.76 bits per heavy atom. The number of halogens is 1. The number of benzene rings is 2. The Hall–Kier alpha value is -3.65. The van der Waals surface area contributed by atoms with Gasteiger partial charge in [0, 0.05) is 18.3 Å². The summed E-state index contributed by atoms with van der Waals surface area (Å²) in [5, 5.41) is 18.3. The molecule has 5 rings (SSSR count). The van der Waals surface area contributed by atoms with Crippen LogP contribution in [0.3, 0.4) is 0 Å². The Kier molecular flexibility index (Phi) is 5.38. The summed E-state index contributed by atoms with van der Waals surface area (Å²) in [6.07, 6.45) is 7.37. The van der Waals surface area contributed by atoms with E-state index < -0.39 is 5.72 Å². The number of nitrogens with one attached hydrogen (secondary N) is 1. The van der Waals surface area contributed by atoms with Gasteiger partial charge in [-0.05, 0) is 68.3 Å². The second kappa shape index (κ2) is 8.37. The lowest BCUT2D eigenvalue weighted by molar-refractivity contribution is -0.103. The summed E-state index contributed by atoms with van der Waals surface area (Å²) in [5.74, 6) is 0.662. The van der Waals surface area contributed by atoms with Crippen LogP contribution in [0.5, 0.6) is 5.75 Å². The van der Waals surface area contributed by atoms with Crippen molar-refractivity contribution >= 4 is 11.9 Å². The number of fused-ring (bicyclic) bond motifs is 1. The molecule has 2 aliphatic rings. The van der Waals surface area contributed by atoms with Crippen LogP contribution >= 0.6 is 0 Å². The first-order valence-corrected chi connectivity index (χ1v) is 11.0. The molecule has 0 amide bonds. The van der Waals surface area contributed by atoms with Crippen molar-refractivity contribution in [1.29, 1.82) is 0 Å². The first-order valence-electron chi connectivity index (χ1n) is 11.0. The van der Waals surface area contributed by atoms with Gasteiger partial charge in [-0.3, -0.25) is 0 Å². The average Bonchev–Trinajstić information content (AvgIpc) is 3.40. The van der Waals surface area contributed by atoms with Gasteiger partial charge in [0.25, 0.3) is 0 Å². The van der Waals surface area contributed by atoms with E-state index in [0.29, 0.717) is 12.2 Å². The van der Waals surface area contributed by atoms with Crippen LogP contribution in [0.2, 0.25) is 0 Å². The molecular formula is C25H26FN5O2. The Labute approximate surface area is 191 Å². The van der Waals surface area contributed by atoms with Crippen molar-refractivity contribution in [3.8, 4) is 11.4 Å². The van der Waals surface area contributed by atoms with Crippen molar-refractivity contribution in [2.24, 2.45) is 5.16 Å². The largest absolute Gasteiger partial charge is 0.506 e. The number of piperidine rings is 1. The maximum atomic E-state index is 13.6. The van der Waals surface area contributed by atoms with Gasteiger partial charge < -0.3 is 24.7 Å². The standard InChI is InChI=1S/C25H26FN5O2/c1-17-14-30(16-28-17)22-10-5-18(13-23(22)32)12-19-4-3-11-31-24(19)29-33-25(31,15-27-2)20-6-8-21(26)9-7-20/h5-10,12-14,16,27,32H,3-4,11,15H2,1-2H3/b19-12+/t25-/m1/s1. The zero-order chi connectivity index (χ0) is 23.0. The second-order valence-electron chi connectivity index (χ2n) is 8.42. The zero-order valence-electron chi connectivity index (χ0n) is 18.6. The number of phenolic OH excluding ortho intramolecular Hbond substituents is 1. The van der Waals surface area contributed by atoms with E-state index in [4.69, 9.17) is 4.84 Å². The maximum Gasteiger partial charge on any atom is 0.249 e. The fourth-order valence-electron chi connectivity index (χ4n) is 4.57. The molecule has 0 saturated carbocycles. The van der Waals surface area contributed by atoms with Gasteiger partial charge in [0.05, 0.1) is 24.3 Å². The molecule has 170 valence electrons. The molecule has 0 spiro atoms. The Morgan fingerprint density at radius 2 is 2.06 bits per heavy atom. The molecule has 8 heteroatoms. The van der Waals surface area contributed by atoms with Crippen LogP contribution in [0.1, 0.15) is 29.7 Å². The first kappa shape index (κ1) is 21.2. The lowest BCUT2D eigenvalue weighted by Gasteiger charge is -2.40. The number of imidazole rings is 1. The highest BCUT2D eigenvalue weighted by Gasteiger charge is 2.49. The van der Waals surface area contributed by atoms with Crippen LogP contribution in [0.25, 0.3) is 11.8 Å². The number of aryl methyl sites for hydroxylation is 1. The molecule has 2 N–H and O–H groups in total. The lowest BCUT2D eigenvalue weighted by Crippen LogP contribution is -2.53. The van der Waals surface area contributed by atoms with Gasteiger partial charge in [0.1, 0.15) is 11.6 Å². The number of hydrogen-bond acceptors (Lipinski definition) is 6. The molecule has 0 unspecified atom stereocenters. The molecule has 0 bridgehead atoms. The zero-order valence-corrected chi connectivity index (χ0v) is 18.6. The highest BCUT2D eigenvalue weighted by atomic mass is 19.1. The maximum absolute atomic E-state index is 13.6. The fourth-order valence-corrected chi connectivity index (χ4v) is 4.57. The van der Waals surface area contributed by atoms with Crippen molar-refractivity contribution < 1.29 is 14.3 Å². The molecule has 1 saturated heterocycles.